The molecule has 0 aromatic heterocycles. The van der Waals surface area contributed by atoms with Crippen molar-refractivity contribution in [1.29, 1.82) is 0 Å². The lowest BCUT2D eigenvalue weighted by atomic mass is 9.71. The second kappa shape index (κ2) is 7.78. The number of hydrogen-bond acceptors (Lipinski definition) is 3. The van der Waals surface area contributed by atoms with Crippen molar-refractivity contribution in [3.05, 3.63) is 0 Å². The van der Waals surface area contributed by atoms with Crippen molar-refractivity contribution in [2.45, 2.75) is 59.3 Å². The summed E-state index contributed by atoms with van der Waals surface area (Å²) in [5, 5.41) is 0. The third kappa shape index (κ3) is 4.14. The number of carbonyl (C=O) groups excluding carboxylic acids is 2. The van der Waals surface area contributed by atoms with Crippen molar-refractivity contribution >= 4 is 11.7 Å². The summed E-state index contributed by atoms with van der Waals surface area (Å²) >= 11 is 0. The maximum Gasteiger partial charge on any atom is 0.225 e. The number of rotatable bonds is 2. The Labute approximate surface area is 141 Å². The van der Waals surface area contributed by atoms with Gasteiger partial charge in [0.2, 0.25) is 5.91 Å². The van der Waals surface area contributed by atoms with E-state index in [2.05, 4.69) is 16.8 Å². The molecular formula is C19H34N2O2. The monoisotopic (exact) mass is 322 g/mol. The summed E-state index contributed by atoms with van der Waals surface area (Å²) in [5.41, 5.74) is 0.429. The highest BCUT2D eigenvalue weighted by Crippen LogP contribution is 2.42. The van der Waals surface area contributed by atoms with Crippen LogP contribution in [0.15, 0.2) is 0 Å². The molecule has 132 valence electrons. The average molecular weight is 322 g/mol. The quantitative estimate of drug-likeness (QED) is 0.785. The fourth-order valence-corrected chi connectivity index (χ4v) is 4.33. The van der Waals surface area contributed by atoms with Crippen molar-refractivity contribution in [3.8, 4) is 0 Å². The number of hydrogen-bond donors (Lipinski definition) is 0. The zero-order valence-electron chi connectivity index (χ0n) is 15.4. The van der Waals surface area contributed by atoms with Crippen molar-refractivity contribution in [2.24, 2.45) is 17.3 Å². The lowest BCUT2D eigenvalue weighted by Gasteiger charge is -2.54. The van der Waals surface area contributed by atoms with Gasteiger partial charge in [-0.15, -0.1) is 0 Å². The van der Waals surface area contributed by atoms with Gasteiger partial charge in [-0.1, -0.05) is 13.8 Å². The van der Waals surface area contributed by atoms with Gasteiger partial charge in [-0.25, -0.2) is 0 Å². The molecule has 1 spiro atoms. The molecule has 0 unspecified atom stereocenters. The average Bonchev–Trinajstić information content (AvgIpc) is 2.55. The first-order valence-electron chi connectivity index (χ1n) is 9.47. The summed E-state index contributed by atoms with van der Waals surface area (Å²) in [4.78, 5) is 28.5. The summed E-state index contributed by atoms with van der Waals surface area (Å²) < 4.78 is 0. The highest BCUT2D eigenvalue weighted by molar-refractivity contribution is 5.81. The molecule has 3 aliphatic rings. The molecule has 1 aliphatic carbocycles. The Hall–Kier alpha value is -0.900. The predicted molar refractivity (Wildman–Crippen MR) is 93.2 cm³/mol. The van der Waals surface area contributed by atoms with Crippen LogP contribution >= 0.6 is 0 Å². The SMILES string of the molecule is CC.CC(=O)C1CCC(C(=O)N2CC3(CCN(C)CC3)C2)CC1. The summed E-state index contributed by atoms with van der Waals surface area (Å²) in [7, 11) is 2.18. The Morgan fingerprint density at radius 1 is 0.913 bits per heavy atom. The first-order chi connectivity index (χ1) is 11.0. The Bertz CT molecular complexity index is 411. The molecule has 1 amide bonds. The molecule has 2 heterocycles. The third-order valence-electron chi connectivity index (χ3n) is 6.06. The largest absolute Gasteiger partial charge is 0.341 e. The van der Waals surface area contributed by atoms with Gasteiger partial charge in [0.25, 0.3) is 0 Å². The van der Waals surface area contributed by atoms with Crippen LogP contribution in [0.5, 0.6) is 0 Å². The molecule has 3 fully saturated rings. The van der Waals surface area contributed by atoms with E-state index in [1.807, 2.05) is 13.8 Å². The first kappa shape index (κ1) is 18.4. The van der Waals surface area contributed by atoms with Crippen molar-refractivity contribution in [2.75, 3.05) is 33.2 Å². The fourth-order valence-electron chi connectivity index (χ4n) is 4.33. The van der Waals surface area contributed by atoms with E-state index in [1.165, 1.54) is 25.9 Å². The number of likely N-dealkylation sites (tertiary alicyclic amines) is 2. The van der Waals surface area contributed by atoms with Gasteiger partial charge in [-0.3, -0.25) is 9.59 Å². The molecule has 0 atom stereocenters. The predicted octanol–water partition coefficient (Wildman–Crippen LogP) is 2.96. The second-order valence-electron chi connectivity index (χ2n) is 7.66. The van der Waals surface area contributed by atoms with Crippen LogP contribution in [0.2, 0.25) is 0 Å². The van der Waals surface area contributed by atoms with Gasteiger partial charge in [0.05, 0.1) is 0 Å². The van der Waals surface area contributed by atoms with Crippen LogP contribution in [0.25, 0.3) is 0 Å². The molecule has 23 heavy (non-hydrogen) atoms. The smallest absolute Gasteiger partial charge is 0.225 e. The van der Waals surface area contributed by atoms with E-state index in [9.17, 15) is 9.59 Å². The number of amides is 1. The fraction of sp³-hybridized carbons (Fsp3) is 0.895. The standard InChI is InChI=1S/C17H28N2O2.C2H6/c1-13(20)14-3-5-15(6-4-14)16(21)19-11-17(12-19)7-9-18(2)10-8-17;1-2/h14-15H,3-12H2,1-2H3;1-2H3. The molecule has 4 nitrogen and oxygen atoms in total. The second-order valence-corrected chi connectivity index (χ2v) is 7.66. The molecule has 0 aromatic rings. The van der Waals surface area contributed by atoms with Gasteiger partial charge < -0.3 is 9.80 Å². The van der Waals surface area contributed by atoms with Crippen LogP contribution in [-0.2, 0) is 9.59 Å². The molecule has 0 N–H and O–H groups in total. The van der Waals surface area contributed by atoms with E-state index >= 15 is 0 Å². The maximum atomic E-state index is 12.6. The van der Waals surface area contributed by atoms with Gasteiger partial charge in [0.1, 0.15) is 5.78 Å². The minimum Gasteiger partial charge on any atom is -0.341 e. The van der Waals surface area contributed by atoms with Gasteiger partial charge in [-0.05, 0) is 65.6 Å². The minimum atomic E-state index is 0.184. The molecule has 0 bridgehead atoms. The number of piperidine rings is 1. The number of carbonyl (C=O) groups is 2. The number of ketones is 1. The molecule has 0 radical (unpaired) electrons. The normalized spacial score (nSPS) is 30.2. The van der Waals surface area contributed by atoms with E-state index in [0.717, 1.165) is 38.8 Å². The topological polar surface area (TPSA) is 40.6 Å². The van der Waals surface area contributed by atoms with Crippen LogP contribution in [0.1, 0.15) is 59.3 Å². The van der Waals surface area contributed by atoms with Crippen LogP contribution in [0.3, 0.4) is 0 Å². The van der Waals surface area contributed by atoms with Crippen LogP contribution in [0, 0.1) is 17.3 Å². The van der Waals surface area contributed by atoms with E-state index in [-0.39, 0.29) is 11.8 Å². The highest BCUT2D eigenvalue weighted by Gasteiger charge is 2.47. The summed E-state index contributed by atoms with van der Waals surface area (Å²) in [6.45, 7) is 9.99. The summed E-state index contributed by atoms with van der Waals surface area (Å²) in [6.07, 6.45) is 6.13. The number of nitrogens with zero attached hydrogens (tertiary/aromatic N) is 2. The zero-order chi connectivity index (χ0) is 17.0. The van der Waals surface area contributed by atoms with Gasteiger partial charge in [-0.2, -0.15) is 0 Å². The van der Waals surface area contributed by atoms with E-state index in [1.54, 1.807) is 6.92 Å². The lowest BCUT2D eigenvalue weighted by molar-refractivity contribution is -0.152. The van der Waals surface area contributed by atoms with Gasteiger partial charge >= 0.3 is 0 Å². The van der Waals surface area contributed by atoms with Gasteiger partial charge in [0.15, 0.2) is 0 Å². The van der Waals surface area contributed by atoms with E-state index in [0.29, 0.717) is 17.1 Å². The molecule has 2 saturated heterocycles. The van der Waals surface area contributed by atoms with E-state index in [4.69, 9.17) is 0 Å². The van der Waals surface area contributed by atoms with E-state index < -0.39 is 0 Å². The lowest BCUT2D eigenvalue weighted by Crippen LogP contribution is -2.62. The number of Topliss-reactive ketones (excluding diaryl/α,β-unsaturated/α-hetero) is 1. The Balaban J connectivity index is 0.000000924. The molecule has 2 aliphatic heterocycles. The first-order valence-corrected chi connectivity index (χ1v) is 9.47. The van der Waals surface area contributed by atoms with Gasteiger partial charge in [0, 0.05) is 30.3 Å². The van der Waals surface area contributed by atoms with Crippen LogP contribution in [0.4, 0.5) is 0 Å². The minimum absolute atomic E-state index is 0.184. The Morgan fingerprint density at radius 2 is 1.39 bits per heavy atom. The Kier molecular flexibility index (Phi) is 6.24. The van der Waals surface area contributed by atoms with Crippen molar-refractivity contribution < 1.29 is 9.59 Å². The molecular weight excluding hydrogens is 288 g/mol. The molecule has 3 rings (SSSR count). The third-order valence-corrected chi connectivity index (χ3v) is 6.06. The Morgan fingerprint density at radius 3 is 1.87 bits per heavy atom. The van der Waals surface area contributed by atoms with Crippen molar-refractivity contribution in [1.82, 2.24) is 9.80 Å². The van der Waals surface area contributed by atoms with Crippen LogP contribution < -0.4 is 0 Å². The van der Waals surface area contributed by atoms with Crippen LogP contribution in [-0.4, -0.2) is 54.7 Å². The molecule has 1 saturated carbocycles. The summed E-state index contributed by atoms with van der Waals surface area (Å²) in [5.74, 6) is 1.06. The summed E-state index contributed by atoms with van der Waals surface area (Å²) in [6, 6.07) is 0. The van der Waals surface area contributed by atoms with Crippen molar-refractivity contribution in [3.63, 3.8) is 0 Å². The molecule has 0 aromatic carbocycles. The molecule has 4 heteroatoms. The zero-order valence-corrected chi connectivity index (χ0v) is 15.4. The maximum absolute atomic E-state index is 12.6. The highest BCUT2D eigenvalue weighted by atomic mass is 16.2.